The fourth-order valence-electron chi connectivity index (χ4n) is 5.26. The van der Waals surface area contributed by atoms with Gasteiger partial charge in [-0.2, -0.15) is 13.2 Å². The van der Waals surface area contributed by atoms with Crippen molar-refractivity contribution < 1.29 is 42.2 Å². The normalized spacial score (nSPS) is 19.1. The summed E-state index contributed by atoms with van der Waals surface area (Å²) in [5.41, 5.74) is 1.67. The monoisotopic (exact) mass is 611 g/mol. The van der Waals surface area contributed by atoms with Gasteiger partial charge in [0.25, 0.3) is 5.91 Å². The van der Waals surface area contributed by atoms with Crippen molar-refractivity contribution >= 4 is 34.6 Å². The van der Waals surface area contributed by atoms with E-state index in [0.29, 0.717) is 77.6 Å². The second-order valence-corrected chi connectivity index (χ2v) is 11.2. The fraction of sp³-hybridized carbons (Fsp3) is 0.621. The van der Waals surface area contributed by atoms with Gasteiger partial charge in [0, 0.05) is 51.7 Å². The lowest BCUT2D eigenvalue weighted by Crippen LogP contribution is -2.56. The SMILES string of the molecule is CC(=O)CCCn1c(C(=O)N(CC(C)C)C2CNCC(C(=O)N3CCOCC3)C2)nc2ccccc21.O=C(O)C(F)(F)F. The number of aryl methyl sites for hydroxylation is 1. The van der Waals surface area contributed by atoms with Gasteiger partial charge in [0.05, 0.1) is 30.2 Å². The Kier molecular flexibility index (Phi) is 12.1. The van der Waals surface area contributed by atoms with Crippen molar-refractivity contribution in [3.8, 4) is 0 Å². The van der Waals surface area contributed by atoms with Gasteiger partial charge in [0.2, 0.25) is 5.91 Å². The molecule has 2 N–H and O–H groups in total. The summed E-state index contributed by atoms with van der Waals surface area (Å²) in [6.07, 6.45) is -3.33. The van der Waals surface area contributed by atoms with Crippen LogP contribution in [0.4, 0.5) is 13.2 Å². The number of ketones is 1. The van der Waals surface area contributed by atoms with Crippen molar-refractivity contribution in [1.29, 1.82) is 0 Å². The van der Waals surface area contributed by atoms with E-state index in [1.54, 1.807) is 6.92 Å². The van der Waals surface area contributed by atoms with Crippen molar-refractivity contribution in [3.63, 3.8) is 0 Å². The first-order chi connectivity index (χ1) is 20.3. The predicted octanol–water partition coefficient (Wildman–Crippen LogP) is 2.97. The Balaban J connectivity index is 0.000000646. The van der Waals surface area contributed by atoms with Crippen LogP contribution in [-0.2, 0) is 25.7 Å². The van der Waals surface area contributed by atoms with Gasteiger partial charge < -0.3 is 34.3 Å². The lowest BCUT2D eigenvalue weighted by molar-refractivity contribution is -0.192. The first-order valence-corrected chi connectivity index (χ1v) is 14.4. The number of nitrogens with zero attached hydrogens (tertiary/aromatic N) is 4. The van der Waals surface area contributed by atoms with Crippen LogP contribution >= 0.6 is 0 Å². The predicted molar refractivity (Wildman–Crippen MR) is 151 cm³/mol. The van der Waals surface area contributed by atoms with Gasteiger partial charge in [-0.25, -0.2) is 9.78 Å². The van der Waals surface area contributed by atoms with Crippen LogP contribution in [0.25, 0.3) is 11.0 Å². The van der Waals surface area contributed by atoms with E-state index in [-0.39, 0.29) is 35.5 Å². The lowest BCUT2D eigenvalue weighted by Gasteiger charge is -2.40. The van der Waals surface area contributed by atoms with E-state index in [1.165, 1.54) is 0 Å². The molecule has 2 aromatic rings. The number of amides is 2. The fourth-order valence-corrected chi connectivity index (χ4v) is 5.26. The van der Waals surface area contributed by atoms with Crippen molar-refractivity contribution in [1.82, 2.24) is 24.7 Å². The minimum absolute atomic E-state index is 0.103. The molecule has 2 aliphatic heterocycles. The Bertz CT molecular complexity index is 1280. The molecule has 1 aromatic carbocycles. The molecule has 0 spiro atoms. The van der Waals surface area contributed by atoms with Crippen molar-refractivity contribution in [2.24, 2.45) is 11.8 Å². The van der Waals surface area contributed by atoms with E-state index in [1.807, 2.05) is 38.6 Å². The Morgan fingerprint density at radius 2 is 1.79 bits per heavy atom. The zero-order chi connectivity index (χ0) is 31.7. The molecule has 2 fully saturated rings. The minimum atomic E-state index is -5.08. The molecule has 4 rings (SSSR count). The number of piperidine rings is 1. The smallest absolute Gasteiger partial charge is 0.475 e. The van der Waals surface area contributed by atoms with Crippen LogP contribution in [0.15, 0.2) is 24.3 Å². The molecule has 3 heterocycles. The van der Waals surface area contributed by atoms with Crippen LogP contribution in [0.1, 0.15) is 50.7 Å². The number of carbonyl (C=O) groups is 4. The Morgan fingerprint density at radius 1 is 1.14 bits per heavy atom. The number of carbonyl (C=O) groups excluding carboxylic acids is 3. The van der Waals surface area contributed by atoms with Gasteiger partial charge >= 0.3 is 12.1 Å². The minimum Gasteiger partial charge on any atom is -0.475 e. The standard InChI is InChI=1S/C27H39N5O4.C2HF3O2/c1-19(2)18-32(22-15-21(16-28-17-22)26(34)30-11-13-36-14-12-30)27(35)25-29-23-8-4-5-9-24(23)31(25)10-6-7-20(3)33;3-2(4,5)1(6)7/h4-5,8-9,19,21-22,28H,6-7,10-18H2,1-3H3;(H,6,7). The molecule has 2 aliphatic rings. The molecule has 1 aromatic heterocycles. The van der Waals surface area contributed by atoms with Gasteiger partial charge in [0.1, 0.15) is 5.78 Å². The molecular formula is C29H40F3N5O6. The molecule has 0 aliphatic carbocycles. The number of benzene rings is 1. The number of halogens is 3. The molecule has 238 valence electrons. The summed E-state index contributed by atoms with van der Waals surface area (Å²) in [5.74, 6) is -2.09. The number of ether oxygens (including phenoxy) is 1. The van der Waals surface area contributed by atoms with E-state index in [4.69, 9.17) is 19.6 Å². The summed E-state index contributed by atoms with van der Waals surface area (Å²) < 4.78 is 39.1. The maximum absolute atomic E-state index is 14.1. The number of carboxylic acids is 1. The van der Waals surface area contributed by atoms with Crippen molar-refractivity contribution in [3.05, 3.63) is 30.1 Å². The van der Waals surface area contributed by atoms with Gasteiger partial charge in [0.15, 0.2) is 5.82 Å². The average Bonchev–Trinajstić information content (AvgIpc) is 3.34. The molecule has 14 heteroatoms. The Hall–Kier alpha value is -3.52. The van der Waals surface area contributed by atoms with Gasteiger partial charge in [-0.05, 0) is 37.8 Å². The molecule has 0 radical (unpaired) electrons. The number of fused-ring (bicyclic) bond motifs is 1. The van der Waals surface area contributed by atoms with Gasteiger partial charge in [-0.1, -0.05) is 26.0 Å². The van der Waals surface area contributed by atoms with Gasteiger partial charge in [-0.15, -0.1) is 0 Å². The zero-order valence-electron chi connectivity index (χ0n) is 24.7. The number of hydrogen-bond donors (Lipinski definition) is 2. The Morgan fingerprint density at radius 3 is 2.40 bits per heavy atom. The number of para-hydroxylation sites is 2. The largest absolute Gasteiger partial charge is 0.490 e. The topological polar surface area (TPSA) is 134 Å². The maximum atomic E-state index is 14.1. The molecule has 0 bridgehead atoms. The highest BCUT2D eigenvalue weighted by atomic mass is 19.4. The third-order valence-electron chi connectivity index (χ3n) is 7.26. The highest BCUT2D eigenvalue weighted by Gasteiger charge is 2.38. The number of Topliss-reactive ketones (excluding diaryl/α,β-unsaturated/α-hetero) is 1. The maximum Gasteiger partial charge on any atom is 0.490 e. The molecule has 0 saturated carbocycles. The summed E-state index contributed by atoms with van der Waals surface area (Å²) in [6, 6.07) is 7.65. The summed E-state index contributed by atoms with van der Waals surface area (Å²) in [7, 11) is 0. The molecular weight excluding hydrogens is 571 g/mol. The number of rotatable bonds is 9. The van der Waals surface area contributed by atoms with E-state index >= 15 is 0 Å². The molecule has 43 heavy (non-hydrogen) atoms. The first kappa shape index (κ1) is 34.0. The van der Waals surface area contributed by atoms with E-state index in [2.05, 4.69) is 19.2 Å². The summed E-state index contributed by atoms with van der Waals surface area (Å²) >= 11 is 0. The van der Waals surface area contributed by atoms with E-state index in [0.717, 1.165) is 11.0 Å². The number of carboxylic acid groups (broad SMARTS) is 1. The second kappa shape index (κ2) is 15.3. The summed E-state index contributed by atoms with van der Waals surface area (Å²) in [5, 5.41) is 10.5. The molecule has 2 saturated heterocycles. The van der Waals surface area contributed by atoms with Crippen LogP contribution in [0, 0.1) is 11.8 Å². The quantitative estimate of drug-likeness (QED) is 0.442. The number of imidazole rings is 1. The number of aromatic nitrogens is 2. The van der Waals surface area contributed by atoms with Crippen LogP contribution in [0.5, 0.6) is 0 Å². The number of alkyl halides is 3. The number of hydrogen-bond acceptors (Lipinski definition) is 7. The third kappa shape index (κ3) is 9.48. The van der Waals surface area contributed by atoms with Crippen LogP contribution < -0.4 is 5.32 Å². The van der Waals surface area contributed by atoms with Gasteiger partial charge in [-0.3, -0.25) is 9.59 Å². The summed E-state index contributed by atoms with van der Waals surface area (Å²) in [6.45, 7) is 10.6. The van der Waals surface area contributed by atoms with Crippen LogP contribution in [-0.4, -0.2) is 106 Å². The number of aliphatic carboxylic acids is 1. The zero-order valence-corrected chi connectivity index (χ0v) is 24.7. The first-order valence-electron chi connectivity index (χ1n) is 14.4. The second-order valence-electron chi connectivity index (χ2n) is 11.2. The average molecular weight is 612 g/mol. The number of morpholine rings is 1. The van der Waals surface area contributed by atoms with E-state index in [9.17, 15) is 27.6 Å². The number of nitrogens with one attached hydrogen (secondary N) is 1. The molecule has 2 amide bonds. The van der Waals surface area contributed by atoms with Crippen molar-refractivity contribution in [2.75, 3.05) is 45.9 Å². The third-order valence-corrected chi connectivity index (χ3v) is 7.26. The van der Waals surface area contributed by atoms with Crippen molar-refractivity contribution in [2.45, 2.75) is 58.8 Å². The van der Waals surface area contributed by atoms with E-state index < -0.39 is 12.1 Å². The molecule has 2 unspecified atom stereocenters. The lowest BCUT2D eigenvalue weighted by atomic mass is 9.92. The highest BCUT2D eigenvalue weighted by Crippen LogP contribution is 2.24. The van der Waals surface area contributed by atoms with Crippen LogP contribution in [0.3, 0.4) is 0 Å². The van der Waals surface area contributed by atoms with Crippen LogP contribution in [0.2, 0.25) is 0 Å². The highest BCUT2D eigenvalue weighted by molar-refractivity contribution is 5.95. The summed E-state index contributed by atoms with van der Waals surface area (Å²) in [4.78, 5) is 56.3. The molecule has 2 atom stereocenters. The Labute approximate surface area is 248 Å². The molecule has 11 nitrogen and oxygen atoms in total.